The number of ketones is 2. The second-order valence-electron chi connectivity index (χ2n) is 9.26. The number of rotatable bonds is 4. The smallest absolute Gasteiger partial charge is 0.329 e. The van der Waals surface area contributed by atoms with E-state index in [4.69, 9.17) is 9.47 Å². The Hall–Kier alpha value is -4.19. The van der Waals surface area contributed by atoms with Gasteiger partial charge in [0.05, 0.1) is 19.8 Å². The van der Waals surface area contributed by atoms with Gasteiger partial charge in [-0.25, -0.2) is 4.79 Å². The van der Waals surface area contributed by atoms with Crippen LogP contribution in [0.3, 0.4) is 0 Å². The van der Waals surface area contributed by atoms with Gasteiger partial charge in [-0.2, -0.15) is 0 Å². The van der Waals surface area contributed by atoms with Crippen LogP contribution >= 0.6 is 0 Å². The standard InChI is InChI=1S/C30H25NO5/c1-3-36-23-15-9-7-13-21(23)25-26(29(34)35-2)31-22-14-8-4-10-18(22)16-17-24(31)30(25)27(32)19-11-5-6-12-20(19)28(30)33/h4-17,24-26H,3H2,1-2H3/t24-,25-,26+/m0/s1. The van der Waals surface area contributed by atoms with Crippen molar-refractivity contribution >= 4 is 29.3 Å². The topological polar surface area (TPSA) is 72.9 Å². The molecule has 0 radical (unpaired) electrons. The van der Waals surface area contributed by atoms with E-state index in [2.05, 4.69) is 0 Å². The molecule has 2 aliphatic heterocycles. The molecule has 6 heteroatoms. The Labute approximate surface area is 209 Å². The van der Waals surface area contributed by atoms with Crippen LogP contribution < -0.4 is 9.64 Å². The van der Waals surface area contributed by atoms with Gasteiger partial charge in [-0.15, -0.1) is 0 Å². The number of carbonyl (C=O) groups is 3. The van der Waals surface area contributed by atoms with E-state index in [0.29, 0.717) is 29.0 Å². The second-order valence-corrected chi connectivity index (χ2v) is 9.26. The van der Waals surface area contributed by atoms with Crippen molar-refractivity contribution in [3.8, 4) is 5.75 Å². The number of esters is 1. The van der Waals surface area contributed by atoms with Crippen LogP contribution in [0.15, 0.2) is 78.9 Å². The summed E-state index contributed by atoms with van der Waals surface area (Å²) < 4.78 is 11.3. The lowest BCUT2D eigenvalue weighted by Gasteiger charge is -2.36. The number of Topliss-reactive ketones (excluding diaryl/α,β-unsaturated/α-hetero) is 2. The number of methoxy groups -OCH3 is 1. The van der Waals surface area contributed by atoms with E-state index in [1.165, 1.54) is 7.11 Å². The van der Waals surface area contributed by atoms with Crippen LogP contribution in [0.25, 0.3) is 6.08 Å². The molecule has 0 unspecified atom stereocenters. The normalized spacial score (nSPS) is 22.8. The summed E-state index contributed by atoms with van der Waals surface area (Å²) in [5.74, 6) is -1.34. The summed E-state index contributed by atoms with van der Waals surface area (Å²) in [7, 11) is 1.34. The molecule has 3 aromatic carbocycles. The lowest BCUT2D eigenvalue weighted by molar-refractivity contribution is -0.142. The molecular weight excluding hydrogens is 454 g/mol. The molecule has 1 saturated heterocycles. The highest BCUT2D eigenvalue weighted by Gasteiger charge is 2.72. The number of benzene rings is 3. The Kier molecular flexibility index (Phi) is 5.07. The Balaban J connectivity index is 1.70. The zero-order valence-electron chi connectivity index (χ0n) is 20.0. The van der Waals surface area contributed by atoms with Crippen LogP contribution in [0.4, 0.5) is 5.69 Å². The lowest BCUT2D eigenvalue weighted by Crippen LogP contribution is -2.48. The molecule has 1 aliphatic carbocycles. The fraction of sp³-hybridized carbons (Fsp3) is 0.233. The van der Waals surface area contributed by atoms with Gasteiger partial charge in [0.15, 0.2) is 11.6 Å². The van der Waals surface area contributed by atoms with Crippen molar-refractivity contribution in [3.05, 3.63) is 101 Å². The van der Waals surface area contributed by atoms with Gasteiger partial charge in [0.25, 0.3) is 0 Å². The minimum atomic E-state index is -1.56. The van der Waals surface area contributed by atoms with Crippen molar-refractivity contribution in [1.82, 2.24) is 0 Å². The van der Waals surface area contributed by atoms with Crippen LogP contribution in [0.2, 0.25) is 0 Å². The first kappa shape index (κ1) is 22.3. The van der Waals surface area contributed by atoms with E-state index in [0.717, 1.165) is 11.3 Å². The Morgan fingerprint density at radius 3 is 2.25 bits per heavy atom. The highest BCUT2D eigenvalue weighted by atomic mass is 16.5. The molecule has 1 fully saturated rings. The molecule has 3 aromatic rings. The number of nitrogens with zero attached hydrogens (tertiary/aromatic N) is 1. The first-order valence-corrected chi connectivity index (χ1v) is 12.1. The number of hydrogen-bond acceptors (Lipinski definition) is 6. The quantitative estimate of drug-likeness (QED) is 0.399. The molecular formula is C30H25NO5. The van der Waals surface area contributed by atoms with Gasteiger partial charge in [-0.05, 0) is 24.6 Å². The summed E-state index contributed by atoms with van der Waals surface area (Å²) in [5, 5.41) is 0. The van der Waals surface area contributed by atoms with Crippen LogP contribution in [0.5, 0.6) is 5.75 Å². The third kappa shape index (κ3) is 2.75. The van der Waals surface area contributed by atoms with Crippen LogP contribution in [0.1, 0.15) is 44.7 Å². The molecule has 180 valence electrons. The first-order valence-electron chi connectivity index (χ1n) is 12.1. The average Bonchev–Trinajstić information content (AvgIpc) is 3.35. The fourth-order valence-electron chi connectivity index (χ4n) is 6.38. The van der Waals surface area contributed by atoms with E-state index in [1.54, 1.807) is 24.3 Å². The molecule has 2 heterocycles. The van der Waals surface area contributed by atoms with Gasteiger partial charge in [0, 0.05) is 28.3 Å². The second kappa shape index (κ2) is 8.19. The van der Waals surface area contributed by atoms with Crippen LogP contribution in [-0.2, 0) is 9.53 Å². The van der Waals surface area contributed by atoms with Crippen molar-refractivity contribution in [3.63, 3.8) is 0 Å². The summed E-state index contributed by atoms with van der Waals surface area (Å²) in [6.45, 7) is 2.28. The Morgan fingerprint density at radius 1 is 0.917 bits per heavy atom. The van der Waals surface area contributed by atoms with Crippen LogP contribution in [0, 0.1) is 5.41 Å². The maximum Gasteiger partial charge on any atom is 0.329 e. The predicted molar refractivity (Wildman–Crippen MR) is 135 cm³/mol. The molecule has 3 aliphatic rings. The van der Waals surface area contributed by atoms with Crippen molar-refractivity contribution < 1.29 is 23.9 Å². The summed E-state index contributed by atoms with van der Waals surface area (Å²) in [6, 6.07) is 20.4. The summed E-state index contributed by atoms with van der Waals surface area (Å²) >= 11 is 0. The predicted octanol–water partition coefficient (Wildman–Crippen LogP) is 4.69. The third-order valence-corrected chi connectivity index (χ3v) is 7.71. The molecule has 0 bridgehead atoms. The van der Waals surface area contributed by atoms with Crippen LogP contribution in [-0.4, -0.2) is 43.3 Å². The summed E-state index contributed by atoms with van der Waals surface area (Å²) in [4.78, 5) is 44.4. The van der Waals surface area contributed by atoms with E-state index in [9.17, 15) is 14.4 Å². The lowest BCUT2D eigenvalue weighted by atomic mass is 9.64. The van der Waals surface area contributed by atoms with Gasteiger partial charge in [-0.3, -0.25) is 9.59 Å². The van der Waals surface area contributed by atoms with E-state index >= 15 is 0 Å². The van der Waals surface area contributed by atoms with Gasteiger partial charge in [0.2, 0.25) is 0 Å². The molecule has 6 rings (SSSR count). The highest BCUT2D eigenvalue weighted by molar-refractivity contribution is 6.32. The van der Waals surface area contributed by atoms with Gasteiger partial charge in [-0.1, -0.05) is 72.8 Å². The molecule has 0 saturated carbocycles. The zero-order valence-corrected chi connectivity index (χ0v) is 20.0. The van der Waals surface area contributed by atoms with Crippen molar-refractivity contribution in [1.29, 1.82) is 0 Å². The van der Waals surface area contributed by atoms with Crippen molar-refractivity contribution in [2.75, 3.05) is 18.6 Å². The molecule has 0 amide bonds. The average molecular weight is 480 g/mol. The number of hydrogen-bond donors (Lipinski definition) is 0. The SMILES string of the molecule is CCOc1ccccc1[C@H]1[C@H](C(=O)OC)N2c3ccccc3C=C[C@H]2C12C(=O)c1ccccc1C2=O. The number of anilines is 1. The zero-order chi connectivity index (χ0) is 25.0. The van der Waals surface area contributed by atoms with Crippen molar-refractivity contribution in [2.45, 2.75) is 24.9 Å². The minimum Gasteiger partial charge on any atom is -0.494 e. The maximum absolute atomic E-state index is 14.4. The largest absolute Gasteiger partial charge is 0.494 e. The molecule has 36 heavy (non-hydrogen) atoms. The monoisotopic (exact) mass is 479 g/mol. The Morgan fingerprint density at radius 2 is 1.56 bits per heavy atom. The van der Waals surface area contributed by atoms with Gasteiger partial charge < -0.3 is 14.4 Å². The molecule has 6 nitrogen and oxygen atoms in total. The van der Waals surface area contributed by atoms with Gasteiger partial charge in [0.1, 0.15) is 17.2 Å². The molecule has 1 spiro atoms. The van der Waals surface area contributed by atoms with Crippen molar-refractivity contribution in [2.24, 2.45) is 5.41 Å². The molecule has 0 N–H and O–H groups in total. The number of ether oxygens (including phenoxy) is 2. The van der Waals surface area contributed by atoms with E-state index < -0.39 is 29.4 Å². The molecule has 0 aromatic heterocycles. The minimum absolute atomic E-state index is 0.273. The highest BCUT2D eigenvalue weighted by Crippen LogP contribution is 2.61. The van der Waals surface area contributed by atoms with E-state index in [1.807, 2.05) is 72.5 Å². The number of fused-ring (bicyclic) bond motifs is 5. The summed E-state index contributed by atoms with van der Waals surface area (Å²) in [5.41, 5.74) is 1.56. The molecule has 3 atom stereocenters. The number of carbonyl (C=O) groups excluding carboxylic acids is 3. The first-order chi connectivity index (χ1) is 17.6. The van der Waals surface area contributed by atoms with Gasteiger partial charge >= 0.3 is 5.97 Å². The summed E-state index contributed by atoms with van der Waals surface area (Å²) in [6.07, 6.45) is 3.83. The third-order valence-electron chi connectivity index (χ3n) is 7.71. The van der Waals surface area contributed by atoms with E-state index in [-0.39, 0.29) is 11.6 Å². The maximum atomic E-state index is 14.4. The Bertz CT molecular complexity index is 1410. The number of para-hydroxylation sites is 2. The fourth-order valence-corrected chi connectivity index (χ4v) is 6.38.